The lowest BCUT2D eigenvalue weighted by Gasteiger charge is -2.06. The van der Waals surface area contributed by atoms with Crippen LogP contribution >= 0.6 is 22.9 Å². The highest BCUT2D eigenvalue weighted by molar-refractivity contribution is 7.15. The fraction of sp³-hybridized carbons (Fsp3) is 0.100. The zero-order valence-electron chi connectivity index (χ0n) is 15.4. The van der Waals surface area contributed by atoms with Gasteiger partial charge in [-0.05, 0) is 36.4 Å². The first kappa shape index (κ1) is 20.0. The quantitative estimate of drug-likeness (QED) is 0.462. The highest BCUT2D eigenvalue weighted by Crippen LogP contribution is 2.21. The predicted molar refractivity (Wildman–Crippen MR) is 113 cm³/mol. The Morgan fingerprint density at radius 1 is 1.13 bits per heavy atom. The molecule has 0 bridgehead atoms. The second kappa shape index (κ2) is 8.60. The molecule has 2 aromatic carbocycles. The zero-order chi connectivity index (χ0) is 21.1. The standard InChI is InChI=1S/C20H15ClFN5O2S/c21-13-4-6-15(7-5-13)24-19(29)18(28)23-9-8-16-11-30-20-25-17(26-27(16)20)12-2-1-3-14(22)10-12/h1-7,10-11H,8-9H2,(H,23,28)(H,24,29). The minimum atomic E-state index is -0.762. The normalized spacial score (nSPS) is 10.9. The van der Waals surface area contributed by atoms with Gasteiger partial charge in [-0.2, -0.15) is 4.98 Å². The summed E-state index contributed by atoms with van der Waals surface area (Å²) in [6.45, 7) is 0.244. The van der Waals surface area contributed by atoms with Crippen LogP contribution in [-0.2, 0) is 16.0 Å². The number of amides is 2. The van der Waals surface area contributed by atoms with Crippen molar-refractivity contribution in [3.05, 3.63) is 70.4 Å². The van der Waals surface area contributed by atoms with Crippen LogP contribution in [0.1, 0.15) is 5.69 Å². The third kappa shape index (κ3) is 4.47. The molecule has 7 nitrogen and oxygen atoms in total. The van der Waals surface area contributed by atoms with Crippen molar-refractivity contribution in [3.8, 4) is 11.4 Å². The van der Waals surface area contributed by atoms with E-state index < -0.39 is 11.8 Å². The van der Waals surface area contributed by atoms with Gasteiger partial charge in [-0.3, -0.25) is 9.59 Å². The lowest BCUT2D eigenvalue weighted by Crippen LogP contribution is -2.36. The van der Waals surface area contributed by atoms with Gasteiger partial charge in [0.15, 0.2) is 5.82 Å². The number of rotatable bonds is 5. The second-order valence-electron chi connectivity index (χ2n) is 6.33. The Bertz CT molecular complexity index is 1220. The average molecular weight is 444 g/mol. The van der Waals surface area contributed by atoms with Crippen molar-refractivity contribution in [2.45, 2.75) is 6.42 Å². The van der Waals surface area contributed by atoms with Gasteiger partial charge in [0.05, 0.1) is 5.69 Å². The molecule has 10 heteroatoms. The van der Waals surface area contributed by atoms with Crippen molar-refractivity contribution >= 4 is 45.4 Å². The van der Waals surface area contributed by atoms with Crippen LogP contribution in [0.3, 0.4) is 0 Å². The molecule has 2 heterocycles. The zero-order valence-corrected chi connectivity index (χ0v) is 17.0. The van der Waals surface area contributed by atoms with Gasteiger partial charge >= 0.3 is 11.8 Å². The number of carbonyl (C=O) groups excluding carboxylic acids is 2. The van der Waals surface area contributed by atoms with E-state index in [0.29, 0.717) is 33.5 Å². The molecule has 0 fully saturated rings. The van der Waals surface area contributed by atoms with Gasteiger partial charge in [-0.25, -0.2) is 8.91 Å². The minimum Gasteiger partial charge on any atom is -0.347 e. The summed E-state index contributed by atoms with van der Waals surface area (Å²) < 4.78 is 15.1. The summed E-state index contributed by atoms with van der Waals surface area (Å²) in [4.78, 5) is 29.1. The van der Waals surface area contributed by atoms with E-state index in [9.17, 15) is 14.0 Å². The molecule has 2 aromatic heterocycles. The summed E-state index contributed by atoms with van der Waals surface area (Å²) in [6.07, 6.45) is 0.450. The maximum atomic E-state index is 13.4. The van der Waals surface area contributed by atoms with Crippen molar-refractivity contribution in [2.24, 2.45) is 0 Å². The van der Waals surface area contributed by atoms with Gasteiger partial charge in [-0.15, -0.1) is 16.4 Å². The minimum absolute atomic E-state index is 0.244. The summed E-state index contributed by atoms with van der Waals surface area (Å²) >= 11 is 7.19. The lowest BCUT2D eigenvalue weighted by atomic mass is 10.2. The third-order valence-corrected chi connectivity index (χ3v) is 5.32. The molecule has 0 aliphatic heterocycles. The van der Waals surface area contributed by atoms with Crippen LogP contribution in [0.25, 0.3) is 16.3 Å². The molecule has 0 aliphatic carbocycles. The van der Waals surface area contributed by atoms with Crippen LogP contribution in [0.2, 0.25) is 5.02 Å². The molecule has 0 aliphatic rings. The van der Waals surface area contributed by atoms with E-state index >= 15 is 0 Å². The SMILES string of the molecule is O=C(NCCc1csc2nc(-c3cccc(F)c3)nn12)C(=O)Nc1ccc(Cl)cc1. The van der Waals surface area contributed by atoms with E-state index in [1.54, 1.807) is 40.9 Å². The first-order valence-corrected chi connectivity index (χ1v) is 10.2. The molecule has 0 spiro atoms. The molecule has 30 heavy (non-hydrogen) atoms. The Hall–Kier alpha value is -3.30. The second-order valence-corrected chi connectivity index (χ2v) is 7.61. The summed E-state index contributed by atoms with van der Waals surface area (Å²) in [5.74, 6) is -1.43. The Labute approximate surface area is 179 Å². The van der Waals surface area contributed by atoms with E-state index in [2.05, 4.69) is 20.7 Å². The van der Waals surface area contributed by atoms with Crippen LogP contribution < -0.4 is 10.6 Å². The highest BCUT2D eigenvalue weighted by atomic mass is 35.5. The Morgan fingerprint density at radius 3 is 2.70 bits per heavy atom. The Morgan fingerprint density at radius 2 is 1.93 bits per heavy atom. The number of anilines is 1. The summed E-state index contributed by atoms with van der Waals surface area (Å²) in [5.41, 5.74) is 1.89. The van der Waals surface area contributed by atoms with Crippen LogP contribution in [0.4, 0.5) is 10.1 Å². The van der Waals surface area contributed by atoms with Crippen molar-refractivity contribution in [3.63, 3.8) is 0 Å². The van der Waals surface area contributed by atoms with E-state index in [-0.39, 0.29) is 12.4 Å². The maximum Gasteiger partial charge on any atom is 0.313 e. The fourth-order valence-electron chi connectivity index (χ4n) is 2.75. The van der Waals surface area contributed by atoms with Crippen molar-refractivity contribution in [2.75, 3.05) is 11.9 Å². The van der Waals surface area contributed by atoms with Crippen molar-refractivity contribution in [1.29, 1.82) is 0 Å². The van der Waals surface area contributed by atoms with Crippen molar-refractivity contribution < 1.29 is 14.0 Å². The van der Waals surface area contributed by atoms with Gasteiger partial charge in [-0.1, -0.05) is 23.7 Å². The van der Waals surface area contributed by atoms with E-state index in [4.69, 9.17) is 11.6 Å². The molecule has 0 saturated carbocycles. The number of aromatic nitrogens is 3. The molecular weight excluding hydrogens is 429 g/mol. The number of benzene rings is 2. The molecule has 0 atom stereocenters. The molecule has 0 unspecified atom stereocenters. The number of nitrogens with zero attached hydrogens (tertiary/aromatic N) is 3. The van der Waals surface area contributed by atoms with Gasteiger partial charge in [0.2, 0.25) is 4.96 Å². The lowest BCUT2D eigenvalue weighted by molar-refractivity contribution is -0.136. The number of halogens is 2. The number of hydrogen-bond donors (Lipinski definition) is 2. The maximum absolute atomic E-state index is 13.4. The van der Waals surface area contributed by atoms with E-state index in [1.807, 2.05) is 5.38 Å². The van der Waals surface area contributed by atoms with E-state index in [1.165, 1.54) is 23.5 Å². The average Bonchev–Trinajstić information content (AvgIpc) is 3.31. The Kier molecular flexibility index (Phi) is 5.73. The summed E-state index contributed by atoms with van der Waals surface area (Å²) in [5, 5.41) is 11.9. The predicted octanol–water partition coefficient (Wildman–Crippen LogP) is 3.55. The van der Waals surface area contributed by atoms with Gasteiger partial charge in [0, 0.05) is 34.6 Å². The smallest absolute Gasteiger partial charge is 0.313 e. The highest BCUT2D eigenvalue weighted by Gasteiger charge is 2.15. The van der Waals surface area contributed by atoms with E-state index in [0.717, 1.165) is 5.69 Å². The van der Waals surface area contributed by atoms with Crippen LogP contribution in [0.15, 0.2) is 53.9 Å². The molecule has 4 aromatic rings. The molecule has 2 amide bonds. The number of nitrogens with one attached hydrogen (secondary N) is 2. The fourth-order valence-corrected chi connectivity index (χ4v) is 3.73. The van der Waals surface area contributed by atoms with Crippen LogP contribution in [-0.4, -0.2) is 33.0 Å². The molecule has 2 N–H and O–H groups in total. The van der Waals surface area contributed by atoms with Gasteiger partial charge in [0.25, 0.3) is 0 Å². The molecule has 0 saturated heterocycles. The summed E-state index contributed by atoms with van der Waals surface area (Å²) in [7, 11) is 0. The first-order valence-electron chi connectivity index (χ1n) is 8.93. The molecule has 0 radical (unpaired) electrons. The number of hydrogen-bond acceptors (Lipinski definition) is 5. The molecule has 152 valence electrons. The monoisotopic (exact) mass is 443 g/mol. The largest absolute Gasteiger partial charge is 0.347 e. The first-order chi connectivity index (χ1) is 14.5. The van der Waals surface area contributed by atoms with Gasteiger partial charge in [0.1, 0.15) is 5.82 Å². The Balaban J connectivity index is 1.36. The van der Waals surface area contributed by atoms with Crippen molar-refractivity contribution in [1.82, 2.24) is 19.9 Å². The topological polar surface area (TPSA) is 88.4 Å². The number of carbonyl (C=O) groups is 2. The number of thiazole rings is 1. The third-order valence-electron chi connectivity index (χ3n) is 4.21. The van der Waals surface area contributed by atoms with Gasteiger partial charge < -0.3 is 10.6 Å². The van der Waals surface area contributed by atoms with Crippen LogP contribution in [0.5, 0.6) is 0 Å². The molecular formula is C20H15ClFN5O2S. The molecule has 4 rings (SSSR count). The number of fused-ring (bicyclic) bond motifs is 1. The van der Waals surface area contributed by atoms with Crippen LogP contribution in [0, 0.1) is 5.82 Å². The summed E-state index contributed by atoms with van der Waals surface area (Å²) in [6, 6.07) is 12.5.